The van der Waals surface area contributed by atoms with Gasteiger partial charge in [0.2, 0.25) is 0 Å². The Kier molecular flexibility index (Phi) is 9.98. The Morgan fingerprint density at radius 2 is 1.42 bits per heavy atom. The predicted octanol–water partition coefficient (Wildman–Crippen LogP) is 3.27. The molecular weight excluding hydrogens is 408 g/mol. The summed E-state index contributed by atoms with van der Waals surface area (Å²) in [6.07, 6.45) is 1.66. The van der Waals surface area contributed by atoms with E-state index in [0.717, 1.165) is 6.08 Å². The van der Waals surface area contributed by atoms with Crippen LogP contribution in [0.25, 0.3) is 0 Å². The molecule has 2 aromatic carbocycles. The van der Waals surface area contributed by atoms with Crippen molar-refractivity contribution in [2.45, 2.75) is 13.3 Å². The molecule has 0 atom stereocenters. The summed E-state index contributed by atoms with van der Waals surface area (Å²) in [5.41, 5.74) is 0.546. The van der Waals surface area contributed by atoms with Crippen molar-refractivity contribution in [2.75, 3.05) is 13.2 Å². The van der Waals surface area contributed by atoms with Gasteiger partial charge in [-0.1, -0.05) is 12.6 Å². The molecular formula is C22H22O9. The molecule has 0 aliphatic rings. The maximum Gasteiger partial charge on any atom is 0.335 e. The van der Waals surface area contributed by atoms with E-state index in [9.17, 15) is 19.2 Å². The predicted molar refractivity (Wildman–Crippen MR) is 110 cm³/mol. The van der Waals surface area contributed by atoms with E-state index in [0.29, 0.717) is 18.8 Å². The van der Waals surface area contributed by atoms with Crippen LogP contribution in [0.3, 0.4) is 0 Å². The van der Waals surface area contributed by atoms with Gasteiger partial charge < -0.3 is 24.8 Å². The number of rotatable bonds is 9. The molecule has 2 rings (SSSR count). The summed E-state index contributed by atoms with van der Waals surface area (Å²) in [4.78, 5) is 42.5. The Bertz CT molecular complexity index is 914. The van der Waals surface area contributed by atoms with Gasteiger partial charge in [-0.25, -0.2) is 19.2 Å². The minimum Gasteiger partial charge on any atom is -0.493 e. The first-order valence-electron chi connectivity index (χ1n) is 8.99. The average Bonchev–Trinajstić information content (AvgIpc) is 2.73. The van der Waals surface area contributed by atoms with Crippen LogP contribution in [-0.4, -0.2) is 52.4 Å². The molecule has 2 aromatic rings. The van der Waals surface area contributed by atoms with Crippen molar-refractivity contribution < 1.29 is 44.0 Å². The van der Waals surface area contributed by atoms with Crippen LogP contribution >= 0.6 is 0 Å². The van der Waals surface area contributed by atoms with Crippen molar-refractivity contribution in [2.24, 2.45) is 0 Å². The van der Waals surface area contributed by atoms with Crippen LogP contribution in [0.15, 0.2) is 55.1 Å². The smallest absolute Gasteiger partial charge is 0.335 e. The van der Waals surface area contributed by atoms with Gasteiger partial charge >= 0.3 is 23.9 Å². The standard InChI is InChI=1S/C13H14O5.C9H8O4/c1-2-12(14)18-9-3-8-17-11-6-4-10(5-7-11)13(15)16;1-5-6(8(10)11)3-2-4-7(5)9(12)13/h2,4-7H,1,3,8-9H2,(H,15,16);2-4H,1H3,(H,10,11)(H,12,13). The van der Waals surface area contributed by atoms with Crippen LogP contribution in [0.1, 0.15) is 43.1 Å². The van der Waals surface area contributed by atoms with Crippen LogP contribution in [-0.2, 0) is 9.53 Å². The van der Waals surface area contributed by atoms with Gasteiger partial charge in [0.15, 0.2) is 0 Å². The van der Waals surface area contributed by atoms with Crippen molar-refractivity contribution in [3.05, 3.63) is 77.4 Å². The quantitative estimate of drug-likeness (QED) is 0.310. The van der Waals surface area contributed by atoms with E-state index in [-0.39, 0.29) is 28.9 Å². The Morgan fingerprint density at radius 1 is 0.871 bits per heavy atom. The molecule has 0 radical (unpaired) electrons. The summed E-state index contributed by atoms with van der Waals surface area (Å²) in [5, 5.41) is 26.1. The largest absolute Gasteiger partial charge is 0.493 e. The second kappa shape index (κ2) is 12.4. The zero-order chi connectivity index (χ0) is 23.4. The Morgan fingerprint density at radius 3 is 1.87 bits per heavy atom. The molecule has 0 aliphatic heterocycles. The fourth-order valence-corrected chi connectivity index (χ4v) is 2.27. The first kappa shape index (κ1) is 24.9. The van der Waals surface area contributed by atoms with Gasteiger partial charge in [0.25, 0.3) is 0 Å². The van der Waals surface area contributed by atoms with Crippen LogP contribution < -0.4 is 4.74 Å². The normalized spacial score (nSPS) is 9.58. The molecule has 9 heteroatoms. The van der Waals surface area contributed by atoms with Gasteiger partial charge in [0.05, 0.1) is 29.9 Å². The van der Waals surface area contributed by atoms with E-state index < -0.39 is 23.9 Å². The molecule has 0 saturated carbocycles. The maximum absolute atomic E-state index is 10.7. The summed E-state index contributed by atoms with van der Waals surface area (Å²) < 4.78 is 10.1. The monoisotopic (exact) mass is 430 g/mol. The summed E-state index contributed by atoms with van der Waals surface area (Å²) in [7, 11) is 0. The zero-order valence-electron chi connectivity index (χ0n) is 16.7. The summed E-state index contributed by atoms with van der Waals surface area (Å²) >= 11 is 0. The molecule has 3 N–H and O–H groups in total. The molecule has 31 heavy (non-hydrogen) atoms. The van der Waals surface area contributed by atoms with Gasteiger partial charge in [0, 0.05) is 12.5 Å². The third-order valence-electron chi connectivity index (χ3n) is 3.86. The molecule has 0 bridgehead atoms. The second-order valence-corrected chi connectivity index (χ2v) is 5.99. The first-order chi connectivity index (χ1) is 14.7. The van der Waals surface area contributed by atoms with E-state index in [1.807, 2.05) is 0 Å². The number of ether oxygens (including phenoxy) is 2. The highest BCUT2D eigenvalue weighted by Crippen LogP contribution is 2.14. The minimum atomic E-state index is -1.11. The third-order valence-corrected chi connectivity index (χ3v) is 3.86. The highest BCUT2D eigenvalue weighted by atomic mass is 16.5. The number of aromatic carboxylic acids is 3. The highest BCUT2D eigenvalue weighted by Gasteiger charge is 2.13. The lowest BCUT2D eigenvalue weighted by atomic mass is 10.0. The third kappa shape index (κ3) is 8.40. The Hall–Kier alpha value is -4.14. The molecule has 0 unspecified atom stereocenters. The van der Waals surface area contributed by atoms with Gasteiger partial charge in [-0.3, -0.25) is 0 Å². The molecule has 0 saturated heterocycles. The second-order valence-electron chi connectivity index (χ2n) is 5.99. The molecule has 0 spiro atoms. The lowest BCUT2D eigenvalue weighted by Crippen LogP contribution is -2.06. The van der Waals surface area contributed by atoms with E-state index in [2.05, 4.69) is 6.58 Å². The van der Waals surface area contributed by atoms with Crippen LogP contribution in [0.4, 0.5) is 0 Å². The molecule has 0 aromatic heterocycles. The average molecular weight is 430 g/mol. The molecule has 0 amide bonds. The van der Waals surface area contributed by atoms with Crippen LogP contribution in [0.2, 0.25) is 0 Å². The van der Waals surface area contributed by atoms with Crippen molar-refractivity contribution in [3.8, 4) is 5.75 Å². The molecule has 0 heterocycles. The molecule has 164 valence electrons. The van der Waals surface area contributed by atoms with Crippen LogP contribution in [0.5, 0.6) is 5.75 Å². The maximum atomic E-state index is 10.7. The van der Waals surface area contributed by atoms with Gasteiger partial charge in [-0.15, -0.1) is 0 Å². The number of hydrogen-bond acceptors (Lipinski definition) is 6. The van der Waals surface area contributed by atoms with Crippen molar-refractivity contribution in [1.29, 1.82) is 0 Å². The Balaban J connectivity index is 0.000000327. The highest BCUT2D eigenvalue weighted by molar-refractivity contribution is 5.96. The zero-order valence-corrected chi connectivity index (χ0v) is 16.7. The summed E-state index contributed by atoms with van der Waals surface area (Å²) in [6, 6.07) is 10.3. The van der Waals surface area contributed by atoms with Crippen molar-refractivity contribution in [1.82, 2.24) is 0 Å². The Labute approximate surface area is 178 Å². The lowest BCUT2D eigenvalue weighted by molar-refractivity contribution is -0.137. The first-order valence-corrected chi connectivity index (χ1v) is 8.99. The number of carbonyl (C=O) groups excluding carboxylic acids is 1. The molecule has 0 aliphatic carbocycles. The van der Waals surface area contributed by atoms with E-state index >= 15 is 0 Å². The number of benzene rings is 2. The van der Waals surface area contributed by atoms with Crippen molar-refractivity contribution in [3.63, 3.8) is 0 Å². The fraction of sp³-hybridized carbons (Fsp3) is 0.182. The molecule has 9 nitrogen and oxygen atoms in total. The molecule has 0 fully saturated rings. The summed E-state index contributed by atoms with van der Waals surface area (Å²) in [6.45, 7) is 5.40. The van der Waals surface area contributed by atoms with Crippen molar-refractivity contribution >= 4 is 23.9 Å². The van der Waals surface area contributed by atoms with Gasteiger partial charge in [-0.05, 0) is 48.9 Å². The van der Waals surface area contributed by atoms with Gasteiger partial charge in [0.1, 0.15) is 5.75 Å². The number of carboxylic acid groups (broad SMARTS) is 3. The van der Waals surface area contributed by atoms with Crippen LogP contribution in [0, 0.1) is 6.92 Å². The fourth-order valence-electron chi connectivity index (χ4n) is 2.27. The number of carbonyl (C=O) groups is 4. The minimum absolute atomic E-state index is 0.0277. The van der Waals surface area contributed by atoms with Gasteiger partial charge in [-0.2, -0.15) is 0 Å². The van der Waals surface area contributed by atoms with E-state index in [1.54, 1.807) is 12.1 Å². The number of esters is 1. The topological polar surface area (TPSA) is 147 Å². The number of hydrogen-bond donors (Lipinski definition) is 3. The number of carboxylic acids is 3. The SMILES string of the molecule is C=CC(=O)OCCCOc1ccc(C(=O)O)cc1.Cc1c(C(=O)O)cccc1C(=O)O. The van der Waals surface area contributed by atoms with E-state index in [1.165, 1.54) is 37.3 Å². The van der Waals surface area contributed by atoms with E-state index in [4.69, 9.17) is 24.8 Å². The lowest BCUT2D eigenvalue weighted by Gasteiger charge is -2.06. The summed E-state index contributed by atoms with van der Waals surface area (Å²) in [5.74, 6) is -3.07.